The molecule has 3 rings (SSSR count). The van der Waals surface area contributed by atoms with Crippen molar-refractivity contribution in [2.75, 3.05) is 54.5 Å². The fraction of sp³-hybridized carbons (Fsp3) is 0.444. The number of hydrogen-bond acceptors (Lipinski definition) is 5. The summed E-state index contributed by atoms with van der Waals surface area (Å²) in [6.45, 7) is 2.84. The molecule has 0 radical (unpaired) electrons. The normalized spacial score (nSPS) is 20.2. The van der Waals surface area contributed by atoms with Gasteiger partial charge in [0, 0.05) is 18.4 Å². The van der Waals surface area contributed by atoms with Gasteiger partial charge in [0.25, 0.3) is 0 Å². The number of ether oxygens (including phenoxy) is 2. The molecule has 2 heterocycles. The molecular weight excluding hydrogens is 421 g/mol. The van der Waals surface area contributed by atoms with Crippen molar-refractivity contribution in [3.05, 3.63) is 36.2 Å². The lowest BCUT2D eigenvalue weighted by Crippen LogP contribution is -2.36. The number of carbonyl (C=O) groups is 2. The van der Waals surface area contributed by atoms with Crippen molar-refractivity contribution >= 4 is 39.3 Å². The van der Waals surface area contributed by atoms with Crippen LogP contribution in [0.3, 0.4) is 0 Å². The Bertz CT molecular complexity index is 725. The standard InChI is InChI=1S/C18H21BrFN3O4/c19-5-1-2-17(24)21-11-14-12-23(18(25)27-14)13-3-4-16(15(20)10-13)22-6-8-26-9-7-22/h1-4,10,14H,5-9,11-12H2,(H,21,24)/b2-1+/t14-/m0/s1. The SMILES string of the molecule is O=C(/C=C/CBr)NC[C@H]1CN(c2ccc(N3CCOCC3)c(F)c2)C(=O)O1. The zero-order valence-corrected chi connectivity index (χ0v) is 16.3. The van der Waals surface area contributed by atoms with Crippen LogP contribution in [-0.2, 0) is 14.3 Å². The number of allylic oxidation sites excluding steroid dienone is 1. The maximum atomic E-state index is 14.6. The molecule has 0 saturated carbocycles. The molecule has 2 fully saturated rings. The van der Waals surface area contributed by atoms with Crippen LogP contribution in [0.2, 0.25) is 0 Å². The number of hydrogen-bond donors (Lipinski definition) is 1. The topological polar surface area (TPSA) is 71.1 Å². The third kappa shape index (κ3) is 4.98. The second-order valence-corrected chi connectivity index (χ2v) is 6.80. The van der Waals surface area contributed by atoms with Gasteiger partial charge in [0.2, 0.25) is 5.91 Å². The zero-order valence-electron chi connectivity index (χ0n) is 14.7. The number of nitrogens with one attached hydrogen (secondary N) is 1. The molecule has 7 nitrogen and oxygen atoms in total. The molecular formula is C18H21BrFN3O4. The largest absolute Gasteiger partial charge is 0.442 e. The maximum absolute atomic E-state index is 14.6. The Morgan fingerprint density at radius 1 is 1.37 bits per heavy atom. The Kier molecular flexibility index (Phi) is 6.68. The first-order chi connectivity index (χ1) is 13.1. The molecule has 2 amide bonds. The van der Waals surface area contributed by atoms with Crippen molar-refractivity contribution in [1.29, 1.82) is 0 Å². The number of amides is 2. The van der Waals surface area contributed by atoms with E-state index in [9.17, 15) is 14.0 Å². The molecule has 0 unspecified atom stereocenters. The van der Waals surface area contributed by atoms with Gasteiger partial charge in [-0.25, -0.2) is 9.18 Å². The van der Waals surface area contributed by atoms with Crippen molar-refractivity contribution in [3.8, 4) is 0 Å². The minimum absolute atomic E-state index is 0.196. The van der Waals surface area contributed by atoms with E-state index in [1.165, 1.54) is 17.0 Å². The summed E-state index contributed by atoms with van der Waals surface area (Å²) in [5, 5.41) is 3.25. The van der Waals surface area contributed by atoms with E-state index in [0.29, 0.717) is 43.0 Å². The minimum atomic E-state index is -0.552. The van der Waals surface area contributed by atoms with Crippen LogP contribution in [0.5, 0.6) is 0 Å². The molecule has 9 heteroatoms. The predicted octanol–water partition coefficient (Wildman–Crippen LogP) is 2.05. The monoisotopic (exact) mass is 441 g/mol. The van der Waals surface area contributed by atoms with E-state index in [1.807, 2.05) is 4.90 Å². The molecule has 1 N–H and O–H groups in total. The second kappa shape index (κ2) is 9.18. The van der Waals surface area contributed by atoms with E-state index in [-0.39, 0.29) is 24.8 Å². The number of cyclic esters (lactones) is 1. The highest BCUT2D eigenvalue weighted by molar-refractivity contribution is 9.09. The highest BCUT2D eigenvalue weighted by Crippen LogP contribution is 2.28. The van der Waals surface area contributed by atoms with Crippen LogP contribution in [0.1, 0.15) is 0 Å². The average Bonchev–Trinajstić information content (AvgIpc) is 3.06. The molecule has 1 aromatic carbocycles. The lowest BCUT2D eigenvalue weighted by atomic mass is 10.2. The molecule has 0 aromatic heterocycles. The van der Waals surface area contributed by atoms with Crippen molar-refractivity contribution in [2.24, 2.45) is 0 Å². The van der Waals surface area contributed by atoms with Gasteiger partial charge >= 0.3 is 6.09 Å². The summed E-state index contributed by atoms with van der Waals surface area (Å²) in [4.78, 5) is 27.0. The van der Waals surface area contributed by atoms with Crippen LogP contribution < -0.4 is 15.1 Å². The Balaban J connectivity index is 1.61. The Labute approximate surface area is 165 Å². The number of nitrogens with zero attached hydrogens (tertiary/aromatic N) is 2. The Morgan fingerprint density at radius 3 is 2.85 bits per heavy atom. The molecule has 0 aliphatic carbocycles. The van der Waals surface area contributed by atoms with E-state index in [4.69, 9.17) is 9.47 Å². The number of morpholine rings is 1. The summed E-state index contributed by atoms with van der Waals surface area (Å²) in [7, 11) is 0. The number of rotatable bonds is 6. The number of carbonyl (C=O) groups excluding carboxylic acids is 2. The van der Waals surface area contributed by atoms with Crippen LogP contribution in [0.15, 0.2) is 30.4 Å². The summed E-state index contributed by atoms with van der Waals surface area (Å²) in [6, 6.07) is 4.71. The van der Waals surface area contributed by atoms with Crippen LogP contribution in [0.25, 0.3) is 0 Å². The van der Waals surface area contributed by atoms with Gasteiger partial charge in [-0.1, -0.05) is 22.0 Å². The number of alkyl halides is 1. The lowest BCUT2D eigenvalue weighted by Gasteiger charge is -2.29. The van der Waals surface area contributed by atoms with E-state index >= 15 is 0 Å². The maximum Gasteiger partial charge on any atom is 0.414 e. The van der Waals surface area contributed by atoms with Crippen LogP contribution in [-0.4, -0.2) is 62.8 Å². The van der Waals surface area contributed by atoms with Crippen molar-refractivity contribution in [2.45, 2.75) is 6.10 Å². The average molecular weight is 442 g/mol. The highest BCUT2D eigenvalue weighted by Gasteiger charge is 2.33. The van der Waals surface area contributed by atoms with Gasteiger partial charge in [-0.15, -0.1) is 0 Å². The van der Waals surface area contributed by atoms with Gasteiger partial charge in [0.05, 0.1) is 37.7 Å². The summed E-state index contributed by atoms with van der Waals surface area (Å²) >= 11 is 3.19. The summed E-state index contributed by atoms with van der Waals surface area (Å²) < 4.78 is 25.1. The minimum Gasteiger partial charge on any atom is -0.442 e. The van der Waals surface area contributed by atoms with Crippen LogP contribution in [0.4, 0.5) is 20.6 Å². The predicted molar refractivity (Wildman–Crippen MR) is 103 cm³/mol. The molecule has 1 atom stereocenters. The van der Waals surface area contributed by atoms with Gasteiger partial charge in [-0.2, -0.15) is 0 Å². The second-order valence-electron chi connectivity index (χ2n) is 6.15. The quantitative estimate of drug-likeness (QED) is 0.540. The summed E-state index contributed by atoms with van der Waals surface area (Å²) in [5.74, 6) is -0.649. The summed E-state index contributed by atoms with van der Waals surface area (Å²) in [6.07, 6.45) is 2.04. The van der Waals surface area contributed by atoms with E-state index in [1.54, 1.807) is 18.2 Å². The molecule has 1 aromatic rings. The third-order valence-electron chi connectivity index (χ3n) is 4.33. The summed E-state index contributed by atoms with van der Waals surface area (Å²) in [5.41, 5.74) is 0.930. The van der Waals surface area contributed by atoms with E-state index in [2.05, 4.69) is 21.2 Å². The highest BCUT2D eigenvalue weighted by atomic mass is 79.9. The van der Waals surface area contributed by atoms with Gasteiger partial charge in [0.1, 0.15) is 11.9 Å². The zero-order chi connectivity index (χ0) is 19.2. The lowest BCUT2D eigenvalue weighted by molar-refractivity contribution is -0.116. The fourth-order valence-corrected chi connectivity index (χ4v) is 3.17. The van der Waals surface area contributed by atoms with E-state index < -0.39 is 12.2 Å². The van der Waals surface area contributed by atoms with Crippen LogP contribution >= 0.6 is 15.9 Å². The third-order valence-corrected chi connectivity index (χ3v) is 4.70. The molecule has 2 saturated heterocycles. The first-order valence-corrected chi connectivity index (χ1v) is 9.81. The van der Waals surface area contributed by atoms with Crippen molar-refractivity contribution in [1.82, 2.24) is 5.32 Å². The van der Waals surface area contributed by atoms with E-state index in [0.717, 1.165) is 0 Å². The smallest absolute Gasteiger partial charge is 0.414 e. The molecule has 0 bridgehead atoms. The fourth-order valence-electron chi connectivity index (χ4n) is 2.99. The molecule has 146 valence electrons. The number of benzene rings is 1. The Morgan fingerprint density at radius 2 is 2.15 bits per heavy atom. The molecule has 2 aliphatic rings. The molecule has 27 heavy (non-hydrogen) atoms. The van der Waals surface area contributed by atoms with Crippen molar-refractivity contribution in [3.63, 3.8) is 0 Å². The Hall–Kier alpha value is -2.13. The van der Waals surface area contributed by atoms with Gasteiger partial charge < -0.3 is 19.7 Å². The van der Waals surface area contributed by atoms with Crippen LogP contribution in [0, 0.1) is 5.82 Å². The number of halogens is 2. The van der Waals surface area contributed by atoms with Gasteiger partial charge in [-0.3, -0.25) is 9.69 Å². The van der Waals surface area contributed by atoms with Gasteiger partial charge in [-0.05, 0) is 24.3 Å². The molecule has 0 spiro atoms. The van der Waals surface area contributed by atoms with Gasteiger partial charge in [0.15, 0.2) is 0 Å². The molecule has 2 aliphatic heterocycles. The first-order valence-electron chi connectivity index (χ1n) is 8.69. The first kappa shape index (κ1) is 19.6. The number of anilines is 2. The van der Waals surface area contributed by atoms with Crippen molar-refractivity contribution < 1.29 is 23.5 Å².